The molecule has 0 amide bonds. The number of hydrogen-bond acceptors (Lipinski definition) is 7. The third-order valence-corrected chi connectivity index (χ3v) is 7.49. The third-order valence-electron chi connectivity index (χ3n) is 6.43. The molecule has 7 heteroatoms. The van der Waals surface area contributed by atoms with Gasteiger partial charge in [-0.25, -0.2) is 4.79 Å². The molecular weight excluding hydrogens is 462 g/mol. The van der Waals surface area contributed by atoms with E-state index in [4.69, 9.17) is 14.2 Å². The maximum absolute atomic E-state index is 13.6. The molecule has 2 aliphatic rings. The van der Waals surface area contributed by atoms with Crippen LogP contribution in [0.3, 0.4) is 0 Å². The maximum Gasteiger partial charge on any atom is 0.336 e. The van der Waals surface area contributed by atoms with Gasteiger partial charge in [-0.2, -0.15) is 0 Å². The molecule has 35 heavy (non-hydrogen) atoms. The molecule has 2 atom stereocenters. The Morgan fingerprint density at radius 2 is 1.94 bits per heavy atom. The molecular formula is C28H33NO5S. The smallest absolute Gasteiger partial charge is 0.336 e. The number of ether oxygens (including phenoxy) is 3. The lowest BCUT2D eigenvalue weighted by Crippen LogP contribution is -2.36. The second-order valence-electron chi connectivity index (χ2n) is 9.30. The Kier molecular flexibility index (Phi) is 7.77. The van der Waals surface area contributed by atoms with E-state index in [9.17, 15) is 9.59 Å². The first-order chi connectivity index (χ1) is 16.8. The van der Waals surface area contributed by atoms with Gasteiger partial charge < -0.3 is 19.5 Å². The zero-order valence-corrected chi connectivity index (χ0v) is 21.8. The molecule has 1 aliphatic carbocycles. The highest BCUT2D eigenvalue weighted by Gasteiger charge is 2.42. The molecule has 0 bridgehead atoms. The summed E-state index contributed by atoms with van der Waals surface area (Å²) in [6, 6.07) is 11.9. The highest BCUT2D eigenvalue weighted by Crippen LogP contribution is 2.47. The van der Waals surface area contributed by atoms with Crippen LogP contribution < -0.4 is 10.1 Å². The first kappa shape index (κ1) is 25.2. The van der Waals surface area contributed by atoms with Crippen molar-refractivity contribution in [2.45, 2.75) is 58.5 Å². The molecule has 1 aliphatic heterocycles. The van der Waals surface area contributed by atoms with Gasteiger partial charge in [-0.1, -0.05) is 12.1 Å². The van der Waals surface area contributed by atoms with Crippen molar-refractivity contribution in [3.05, 3.63) is 74.3 Å². The van der Waals surface area contributed by atoms with E-state index in [0.717, 1.165) is 32.5 Å². The van der Waals surface area contributed by atoms with Crippen molar-refractivity contribution >= 4 is 23.1 Å². The summed E-state index contributed by atoms with van der Waals surface area (Å²) in [5.41, 5.74) is 3.88. The van der Waals surface area contributed by atoms with Crippen molar-refractivity contribution < 1.29 is 23.8 Å². The normalized spacial score (nSPS) is 20.1. The van der Waals surface area contributed by atoms with Gasteiger partial charge in [0.15, 0.2) is 5.78 Å². The Morgan fingerprint density at radius 1 is 1.14 bits per heavy atom. The quantitative estimate of drug-likeness (QED) is 0.391. The number of rotatable bonds is 8. The van der Waals surface area contributed by atoms with Crippen LogP contribution in [0, 0.1) is 6.92 Å². The van der Waals surface area contributed by atoms with Crippen LogP contribution in [0.25, 0.3) is 0 Å². The van der Waals surface area contributed by atoms with Crippen LogP contribution in [0.4, 0.5) is 0 Å². The van der Waals surface area contributed by atoms with Crippen LogP contribution in [0.15, 0.2) is 58.9 Å². The highest BCUT2D eigenvalue weighted by atomic mass is 32.1. The average molecular weight is 496 g/mol. The first-order valence-electron chi connectivity index (χ1n) is 12.0. The molecule has 1 N–H and O–H groups in total. The maximum atomic E-state index is 13.6. The number of aryl methyl sites for hydroxylation is 1. The van der Waals surface area contributed by atoms with Crippen molar-refractivity contribution in [2.75, 3.05) is 20.3 Å². The SMILES string of the molecule is COc1cccc([C@H]2CC(=O)C3=C(C2)NC(C)=C(C(=O)OCCOC(C)C)[C@@H]3c2ccc(C)s2)c1. The topological polar surface area (TPSA) is 73.9 Å². The van der Waals surface area contributed by atoms with E-state index in [-0.39, 0.29) is 24.4 Å². The van der Waals surface area contributed by atoms with E-state index < -0.39 is 11.9 Å². The van der Waals surface area contributed by atoms with Crippen molar-refractivity contribution in [3.8, 4) is 5.75 Å². The average Bonchev–Trinajstić information content (AvgIpc) is 3.26. The summed E-state index contributed by atoms with van der Waals surface area (Å²) in [6.45, 7) is 8.30. The van der Waals surface area contributed by atoms with Gasteiger partial charge in [0.2, 0.25) is 0 Å². The summed E-state index contributed by atoms with van der Waals surface area (Å²) < 4.78 is 16.5. The van der Waals surface area contributed by atoms with Crippen LogP contribution in [0.5, 0.6) is 5.75 Å². The molecule has 1 aromatic carbocycles. The van der Waals surface area contributed by atoms with Crippen LogP contribution in [-0.2, 0) is 19.1 Å². The van der Waals surface area contributed by atoms with E-state index in [1.165, 1.54) is 0 Å². The lowest BCUT2D eigenvalue weighted by atomic mass is 9.73. The lowest BCUT2D eigenvalue weighted by Gasteiger charge is -2.36. The summed E-state index contributed by atoms with van der Waals surface area (Å²) in [5, 5.41) is 3.40. The Bertz CT molecular complexity index is 1180. The number of allylic oxidation sites excluding steroid dienone is 3. The van der Waals surface area contributed by atoms with E-state index in [0.29, 0.717) is 30.6 Å². The van der Waals surface area contributed by atoms with Crippen LogP contribution in [-0.4, -0.2) is 38.2 Å². The van der Waals surface area contributed by atoms with Gasteiger partial charge >= 0.3 is 5.97 Å². The minimum Gasteiger partial charge on any atom is -0.497 e. The number of dihydropyridines is 1. The zero-order chi connectivity index (χ0) is 25.1. The fourth-order valence-corrected chi connectivity index (χ4v) is 5.83. The molecule has 2 heterocycles. The summed E-state index contributed by atoms with van der Waals surface area (Å²) in [7, 11) is 1.64. The van der Waals surface area contributed by atoms with Gasteiger partial charge in [0.1, 0.15) is 12.4 Å². The van der Waals surface area contributed by atoms with Gasteiger partial charge in [-0.15, -0.1) is 11.3 Å². The first-order valence-corrected chi connectivity index (χ1v) is 12.8. The number of esters is 1. The van der Waals surface area contributed by atoms with Gasteiger partial charge in [-0.05, 0) is 69.9 Å². The third kappa shape index (κ3) is 5.52. The van der Waals surface area contributed by atoms with Crippen molar-refractivity contribution in [2.24, 2.45) is 0 Å². The van der Waals surface area contributed by atoms with E-state index >= 15 is 0 Å². The Balaban J connectivity index is 1.66. The summed E-state index contributed by atoms with van der Waals surface area (Å²) >= 11 is 1.61. The molecule has 1 aromatic heterocycles. The standard InChI is InChI=1S/C28H33NO5S/c1-16(2)33-11-12-34-28(31)25-18(4)29-22-14-20(19-7-6-8-21(13-19)32-5)15-23(30)26(22)27(25)24-10-9-17(3)35-24/h6-10,13,16,20,27,29H,11-12,14-15H2,1-5H3/t20-,27+/m1/s1. The van der Waals surface area contributed by atoms with Crippen molar-refractivity contribution in [1.82, 2.24) is 5.32 Å². The van der Waals surface area contributed by atoms with E-state index in [2.05, 4.69) is 5.32 Å². The number of Topliss-reactive ketones (excluding diaryl/α,β-unsaturated/α-hetero) is 1. The minimum atomic E-state index is -0.428. The Hall–Kier alpha value is -2.90. The zero-order valence-electron chi connectivity index (χ0n) is 21.0. The number of benzene rings is 1. The predicted octanol–water partition coefficient (Wildman–Crippen LogP) is 5.39. The summed E-state index contributed by atoms with van der Waals surface area (Å²) in [5.74, 6) is 0.0448. The molecule has 186 valence electrons. The number of methoxy groups -OCH3 is 1. The van der Waals surface area contributed by atoms with Gasteiger partial charge in [0, 0.05) is 33.1 Å². The number of nitrogens with one attached hydrogen (secondary N) is 1. The van der Waals surface area contributed by atoms with E-state index in [1.807, 2.05) is 64.1 Å². The summed E-state index contributed by atoms with van der Waals surface area (Å²) in [4.78, 5) is 29.0. The van der Waals surface area contributed by atoms with Crippen LogP contribution in [0.1, 0.15) is 60.8 Å². The number of ketones is 1. The molecule has 0 unspecified atom stereocenters. The monoisotopic (exact) mass is 495 g/mol. The molecule has 0 radical (unpaired) electrons. The minimum absolute atomic E-state index is 0.0454. The molecule has 4 rings (SSSR count). The van der Waals surface area contributed by atoms with Gasteiger partial charge in [-0.3, -0.25) is 4.79 Å². The van der Waals surface area contributed by atoms with E-state index in [1.54, 1.807) is 18.4 Å². The number of carbonyl (C=O) groups excluding carboxylic acids is 2. The fourth-order valence-electron chi connectivity index (χ4n) is 4.83. The fraction of sp³-hybridized carbons (Fsp3) is 0.429. The van der Waals surface area contributed by atoms with Crippen molar-refractivity contribution in [3.63, 3.8) is 0 Å². The largest absolute Gasteiger partial charge is 0.497 e. The summed E-state index contributed by atoms with van der Waals surface area (Å²) in [6.07, 6.45) is 1.15. The van der Waals surface area contributed by atoms with Crippen LogP contribution in [0.2, 0.25) is 0 Å². The Labute approximate surface area is 211 Å². The molecule has 0 saturated carbocycles. The van der Waals surface area contributed by atoms with Crippen molar-refractivity contribution in [1.29, 1.82) is 0 Å². The number of thiophene rings is 1. The number of hydrogen-bond donors (Lipinski definition) is 1. The van der Waals surface area contributed by atoms with Gasteiger partial charge in [0.25, 0.3) is 0 Å². The molecule has 6 nitrogen and oxygen atoms in total. The van der Waals surface area contributed by atoms with Gasteiger partial charge in [0.05, 0.1) is 31.3 Å². The second-order valence-corrected chi connectivity index (χ2v) is 10.6. The lowest BCUT2D eigenvalue weighted by molar-refractivity contribution is -0.141. The molecule has 0 spiro atoms. The molecule has 2 aromatic rings. The number of carbonyl (C=O) groups is 2. The Morgan fingerprint density at radius 3 is 2.63 bits per heavy atom. The molecule has 0 fully saturated rings. The highest BCUT2D eigenvalue weighted by molar-refractivity contribution is 7.12. The second kappa shape index (κ2) is 10.8. The predicted molar refractivity (Wildman–Crippen MR) is 137 cm³/mol. The van der Waals surface area contributed by atoms with Crippen LogP contribution >= 0.6 is 11.3 Å². The molecule has 0 saturated heterocycles.